The minimum Gasteiger partial charge on any atom is -0.496 e. The van der Waals surface area contributed by atoms with Crippen LogP contribution in [-0.2, 0) is 4.79 Å². The number of benzene rings is 2. The second-order valence-corrected chi connectivity index (χ2v) is 7.71. The van der Waals surface area contributed by atoms with E-state index in [1.807, 2.05) is 11.0 Å². The number of hydrogen-bond acceptors (Lipinski definition) is 4. The summed E-state index contributed by atoms with van der Waals surface area (Å²) in [5.41, 5.74) is 1.10. The van der Waals surface area contributed by atoms with E-state index in [9.17, 15) is 9.59 Å². The zero-order valence-electron chi connectivity index (χ0n) is 17.2. The van der Waals surface area contributed by atoms with Gasteiger partial charge in [0.2, 0.25) is 0 Å². The van der Waals surface area contributed by atoms with Gasteiger partial charge in [-0.3, -0.25) is 9.59 Å². The van der Waals surface area contributed by atoms with Crippen molar-refractivity contribution in [3.8, 4) is 11.5 Å². The smallest absolute Gasteiger partial charge is 0.260 e. The molecule has 1 aliphatic heterocycles. The van der Waals surface area contributed by atoms with E-state index in [1.54, 1.807) is 42.5 Å². The maximum atomic E-state index is 12.4. The number of likely N-dealkylation sites (tertiary alicyclic amines) is 1. The third-order valence-corrected chi connectivity index (χ3v) is 5.05. The van der Waals surface area contributed by atoms with E-state index in [4.69, 9.17) is 9.47 Å². The molecule has 6 nitrogen and oxygen atoms in total. The summed E-state index contributed by atoms with van der Waals surface area (Å²) in [6, 6.07) is 14.0. The summed E-state index contributed by atoms with van der Waals surface area (Å²) in [4.78, 5) is 26.8. The number of para-hydroxylation sites is 1. The molecule has 0 aliphatic carbocycles. The molecule has 1 fully saturated rings. The van der Waals surface area contributed by atoms with E-state index in [1.165, 1.54) is 7.11 Å². The van der Waals surface area contributed by atoms with Gasteiger partial charge in [0.1, 0.15) is 11.5 Å². The number of methoxy groups -OCH3 is 1. The van der Waals surface area contributed by atoms with Gasteiger partial charge in [-0.15, -0.1) is 0 Å². The molecular formula is C23H28N2O4. The van der Waals surface area contributed by atoms with E-state index in [2.05, 4.69) is 19.2 Å². The van der Waals surface area contributed by atoms with Gasteiger partial charge in [-0.1, -0.05) is 26.0 Å². The molecule has 6 heteroatoms. The van der Waals surface area contributed by atoms with Crippen molar-refractivity contribution in [2.45, 2.75) is 20.3 Å². The molecule has 29 heavy (non-hydrogen) atoms. The molecule has 1 saturated heterocycles. The van der Waals surface area contributed by atoms with Crippen LogP contribution in [0.4, 0.5) is 5.69 Å². The van der Waals surface area contributed by atoms with Crippen molar-refractivity contribution in [2.75, 3.05) is 32.1 Å². The molecular weight excluding hydrogens is 368 g/mol. The topological polar surface area (TPSA) is 67.9 Å². The zero-order chi connectivity index (χ0) is 20.8. The number of hydrogen-bond donors (Lipinski definition) is 1. The molecule has 2 aromatic rings. The molecule has 0 saturated carbocycles. The highest BCUT2D eigenvalue weighted by atomic mass is 16.5. The minimum atomic E-state index is -0.250. The van der Waals surface area contributed by atoms with Crippen LogP contribution in [0.2, 0.25) is 0 Å². The first-order valence-corrected chi connectivity index (χ1v) is 9.91. The summed E-state index contributed by atoms with van der Waals surface area (Å²) < 4.78 is 10.9. The lowest BCUT2D eigenvalue weighted by Crippen LogP contribution is -2.44. The SMILES string of the molecule is COc1ccccc1C(=O)Nc1ccc(OCC(=O)N2C[C@H](C)C[C@H](C)C2)cc1. The van der Waals surface area contributed by atoms with Crippen LogP contribution in [0.3, 0.4) is 0 Å². The number of amides is 2. The summed E-state index contributed by atoms with van der Waals surface area (Å²) in [6.45, 7) is 5.96. The van der Waals surface area contributed by atoms with Gasteiger partial charge in [0.15, 0.2) is 6.61 Å². The maximum Gasteiger partial charge on any atom is 0.260 e. The number of nitrogens with zero attached hydrogens (tertiary/aromatic N) is 1. The quantitative estimate of drug-likeness (QED) is 0.806. The van der Waals surface area contributed by atoms with E-state index >= 15 is 0 Å². The van der Waals surface area contributed by atoms with Crippen molar-refractivity contribution in [3.63, 3.8) is 0 Å². The van der Waals surface area contributed by atoms with Crippen LogP contribution in [0, 0.1) is 11.8 Å². The van der Waals surface area contributed by atoms with Gasteiger partial charge < -0.3 is 19.7 Å². The molecule has 0 spiro atoms. The Labute approximate surface area is 171 Å². The lowest BCUT2D eigenvalue weighted by molar-refractivity contribution is -0.136. The third kappa shape index (κ3) is 5.50. The second kappa shape index (κ2) is 9.45. The van der Waals surface area contributed by atoms with E-state index in [0.29, 0.717) is 34.6 Å². The molecule has 154 valence electrons. The van der Waals surface area contributed by atoms with Crippen molar-refractivity contribution in [1.82, 2.24) is 4.90 Å². The highest BCUT2D eigenvalue weighted by Crippen LogP contribution is 2.22. The van der Waals surface area contributed by atoms with Gasteiger partial charge in [0.05, 0.1) is 12.7 Å². The number of ether oxygens (including phenoxy) is 2. The number of rotatable bonds is 6. The van der Waals surface area contributed by atoms with Gasteiger partial charge in [0, 0.05) is 18.8 Å². The molecule has 3 rings (SSSR count). The Balaban J connectivity index is 1.53. The lowest BCUT2D eigenvalue weighted by atomic mass is 9.92. The first kappa shape index (κ1) is 20.7. The van der Waals surface area contributed by atoms with E-state index < -0.39 is 0 Å². The van der Waals surface area contributed by atoms with Crippen molar-refractivity contribution < 1.29 is 19.1 Å². The fourth-order valence-corrected chi connectivity index (χ4v) is 3.77. The number of carbonyl (C=O) groups excluding carboxylic acids is 2. The van der Waals surface area contributed by atoms with Gasteiger partial charge in [-0.05, 0) is 54.7 Å². The number of anilines is 1. The second-order valence-electron chi connectivity index (χ2n) is 7.71. The van der Waals surface area contributed by atoms with Crippen molar-refractivity contribution in [3.05, 3.63) is 54.1 Å². The molecule has 2 aromatic carbocycles. The van der Waals surface area contributed by atoms with Crippen molar-refractivity contribution in [2.24, 2.45) is 11.8 Å². The standard InChI is InChI=1S/C23H28N2O4/c1-16-12-17(2)14-25(13-16)22(26)15-29-19-10-8-18(9-11-19)24-23(27)20-6-4-5-7-21(20)28-3/h4-11,16-17H,12-15H2,1-3H3,(H,24,27)/t16-,17+. The molecule has 0 aromatic heterocycles. The van der Waals surface area contributed by atoms with Gasteiger partial charge in [0.25, 0.3) is 11.8 Å². The van der Waals surface area contributed by atoms with Gasteiger partial charge in [-0.25, -0.2) is 0 Å². The van der Waals surface area contributed by atoms with Crippen LogP contribution in [0.5, 0.6) is 11.5 Å². The summed E-state index contributed by atoms with van der Waals surface area (Å²) in [5.74, 6) is 1.91. The average molecular weight is 396 g/mol. The van der Waals surface area contributed by atoms with Crippen molar-refractivity contribution >= 4 is 17.5 Å². The molecule has 1 heterocycles. The Morgan fingerprint density at radius 1 is 1.03 bits per heavy atom. The Morgan fingerprint density at radius 3 is 2.34 bits per heavy atom. The van der Waals surface area contributed by atoms with Gasteiger partial charge >= 0.3 is 0 Å². The molecule has 0 unspecified atom stereocenters. The monoisotopic (exact) mass is 396 g/mol. The highest BCUT2D eigenvalue weighted by molar-refractivity contribution is 6.06. The van der Waals surface area contributed by atoms with E-state index in [-0.39, 0.29) is 18.4 Å². The molecule has 0 radical (unpaired) electrons. The molecule has 1 N–H and O–H groups in total. The summed E-state index contributed by atoms with van der Waals surface area (Å²) >= 11 is 0. The summed E-state index contributed by atoms with van der Waals surface area (Å²) in [6.07, 6.45) is 1.16. The van der Waals surface area contributed by atoms with Crippen LogP contribution in [-0.4, -0.2) is 43.5 Å². The number of nitrogens with one attached hydrogen (secondary N) is 1. The summed E-state index contributed by atoms with van der Waals surface area (Å²) in [5, 5.41) is 2.84. The first-order chi connectivity index (χ1) is 14.0. The molecule has 1 aliphatic rings. The Hall–Kier alpha value is -3.02. The Bertz CT molecular complexity index is 840. The van der Waals surface area contributed by atoms with Crippen LogP contribution in [0.15, 0.2) is 48.5 Å². The predicted octanol–water partition coefficient (Wildman–Crippen LogP) is 3.83. The summed E-state index contributed by atoms with van der Waals surface area (Å²) in [7, 11) is 1.53. The zero-order valence-corrected chi connectivity index (χ0v) is 17.2. The molecule has 0 bridgehead atoms. The Morgan fingerprint density at radius 2 is 1.69 bits per heavy atom. The van der Waals surface area contributed by atoms with E-state index in [0.717, 1.165) is 19.5 Å². The van der Waals surface area contributed by atoms with Crippen LogP contribution in [0.25, 0.3) is 0 Å². The minimum absolute atomic E-state index is 0.0111. The van der Waals surface area contributed by atoms with Crippen molar-refractivity contribution in [1.29, 1.82) is 0 Å². The number of carbonyl (C=O) groups is 2. The fraction of sp³-hybridized carbons (Fsp3) is 0.391. The van der Waals surface area contributed by atoms with Crippen LogP contribution in [0.1, 0.15) is 30.6 Å². The maximum absolute atomic E-state index is 12.4. The largest absolute Gasteiger partial charge is 0.496 e. The molecule has 2 amide bonds. The first-order valence-electron chi connectivity index (χ1n) is 9.91. The molecule has 2 atom stereocenters. The van der Waals surface area contributed by atoms with Gasteiger partial charge in [-0.2, -0.15) is 0 Å². The third-order valence-electron chi connectivity index (χ3n) is 5.05. The Kier molecular flexibility index (Phi) is 6.75. The fourth-order valence-electron chi connectivity index (χ4n) is 3.77. The lowest BCUT2D eigenvalue weighted by Gasteiger charge is -2.34. The normalized spacial score (nSPS) is 18.8. The number of piperidine rings is 1. The van der Waals surface area contributed by atoms with Crippen LogP contribution >= 0.6 is 0 Å². The predicted molar refractivity (Wildman–Crippen MR) is 112 cm³/mol. The average Bonchev–Trinajstić information content (AvgIpc) is 2.72. The van der Waals surface area contributed by atoms with Crippen LogP contribution < -0.4 is 14.8 Å². The highest BCUT2D eigenvalue weighted by Gasteiger charge is 2.25.